The van der Waals surface area contributed by atoms with Gasteiger partial charge in [-0.25, -0.2) is 0 Å². The number of hydrogen-bond donors (Lipinski definition) is 0. The van der Waals surface area contributed by atoms with E-state index in [2.05, 4.69) is 11.8 Å². The van der Waals surface area contributed by atoms with Gasteiger partial charge in [-0.15, -0.1) is 0 Å². The molecule has 2 amide bonds. The number of methoxy groups -OCH3 is 1. The lowest BCUT2D eigenvalue weighted by Crippen LogP contribution is -2.48. The van der Waals surface area contributed by atoms with Gasteiger partial charge >= 0.3 is 0 Å². The monoisotopic (exact) mass is 370 g/mol. The van der Waals surface area contributed by atoms with Gasteiger partial charge in [-0.05, 0) is 49.3 Å². The smallest absolute Gasteiger partial charge is 0.225 e. The van der Waals surface area contributed by atoms with Gasteiger partial charge in [0.05, 0.1) is 7.11 Å². The zero-order valence-corrected chi connectivity index (χ0v) is 16.4. The molecule has 3 aliphatic rings. The molecule has 5 nitrogen and oxygen atoms in total. The number of hydrogen-bond acceptors (Lipinski definition) is 3. The van der Waals surface area contributed by atoms with E-state index >= 15 is 0 Å². The van der Waals surface area contributed by atoms with Crippen LogP contribution in [0, 0.1) is 17.3 Å². The molecule has 0 bridgehead atoms. The van der Waals surface area contributed by atoms with Crippen LogP contribution in [0.15, 0.2) is 24.3 Å². The number of rotatable bonds is 4. The Morgan fingerprint density at radius 3 is 2.44 bits per heavy atom. The van der Waals surface area contributed by atoms with Crippen molar-refractivity contribution in [3.8, 4) is 5.75 Å². The van der Waals surface area contributed by atoms with Crippen molar-refractivity contribution in [2.45, 2.75) is 45.6 Å². The van der Waals surface area contributed by atoms with Crippen LogP contribution in [0.3, 0.4) is 0 Å². The lowest BCUT2D eigenvalue weighted by atomic mass is 9.74. The summed E-state index contributed by atoms with van der Waals surface area (Å²) in [6, 6.07) is 7.93. The molecule has 2 heterocycles. The molecule has 3 fully saturated rings. The summed E-state index contributed by atoms with van der Waals surface area (Å²) < 4.78 is 5.20. The molecule has 2 saturated heterocycles. The first-order chi connectivity index (χ1) is 13.0. The van der Waals surface area contributed by atoms with Crippen molar-refractivity contribution in [3.63, 3.8) is 0 Å². The highest BCUT2D eigenvalue weighted by Crippen LogP contribution is 2.43. The molecule has 1 aromatic carbocycles. The van der Waals surface area contributed by atoms with Crippen LogP contribution in [0.2, 0.25) is 0 Å². The molecule has 5 heteroatoms. The summed E-state index contributed by atoms with van der Waals surface area (Å²) in [5.74, 6) is 2.39. The average Bonchev–Trinajstić information content (AvgIpc) is 2.94. The van der Waals surface area contributed by atoms with Gasteiger partial charge in [0.2, 0.25) is 11.8 Å². The van der Waals surface area contributed by atoms with Crippen LogP contribution < -0.4 is 4.74 Å². The number of likely N-dealkylation sites (tertiary alicyclic amines) is 2. The van der Waals surface area contributed by atoms with E-state index in [1.165, 1.54) is 0 Å². The van der Waals surface area contributed by atoms with Crippen molar-refractivity contribution in [2.75, 3.05) is 26.7 Å². The zero-order valence-electron chi connectivity index (χ0n) is 16.4. The van der Waals surface area contributed by atoms with Crippen LogP contribution in [0.4, 0.5) is 0 Å². The van der Waals surface area contributed by atoms with Crippen molar-refractivity contribution >= 4 is 11.8 Å². The van der Waals surface area contributed by atoms with Gasteiger partial charge in [0, 0.05) is 43.9 Å². The first-order valence-electron chi connectivity index (χ1n) is 10.2. The van der Waals surface area contributed by atoms with Crippen LogP contribution in [-0.4, -0.2) is 48.4 Å². The van der Waals surface area contributed by atoms with Crippen molar-refractivity contribution in [2.24, 2.45) is 17.3 Å². The topological polar surface area (TPSA) is 49.9 Å². The Bertz CT molecular complexity index is 701. The van der Waals surface area contributed by atoms with E-state index in [-0.39, 0.29) is 17.2 Å². The molecule has 4 rings (SSSR count). The molecule has 0 N–H and O–H groups in total. The van der Waals surface area contributed by atoms with Gasteiger partial charge in [0.25, 0.3) is 0 Å². The molecule has 1 aromatic rings. The third-order valence-corrected chi connectivity index (χ3v) is 6.80. The standard InChI is InChI=1S/C22H30N2O3/c1-16-11-18(12-16)21(26)23-9-7-22(8-10-23)13-20(25)24(15-22)14-17-3-5-19(27-2)6-4-17/h3-6,16,18H,7-15H2,1-2H3. The van der Waals surface area contributed by atoms with Gasteiger partial charge in [0.15, 0.2) is 0 Å². The Balaban J connectivity index is 1.32. The number of carbonyl (C=O) groups excluding carboxylic acids is 2. The molecule has 1 aliphatic carbocycles. The predicted molar refractivity (Wildman–Crippen MR) is 103 cm³/mol. The third kappa shape index (κ3) is 3.69. The second-order valence-corrected chi connectivity index (χ2v) is 8.87. The Morgan fingerprint density at radius 2 is 1.85 bits per heavy atom. The highest BCUT2D eigenvalue weighted by atomic mass is 16.5. The summed E-state index contributed by atoms with van der Waals surface area (Å²) in [7, 11) is 1.66. The number of ether oxygens (including phenoxy) is 1. The molecule has 1 saturated carbocycles. The summed E-state index contributed by atoms with van der Waals surface area (Å²) in [5.41, 5.74) is 1.20. The minimum atomic E-state index is 0.0627. The van der Waals surface area contributed by atoms with Crippen LogP contribution in [0.25, 0.3) is 0 Å². The van der Waals surface area contributed by atoms with E-state index in [0.29, 0.717) is 24.8 Å². The maximum Gasteiger partial charge on any atom is 0.225 e. The zero-order chi connectivity index (χ0) is 19.0. The van der Waals surface area contributed by atoms with E-state index in [1.807, 2.05) is 29.2 Å². The molecule has 27 heavy (non-hydrogen) atoms. The van der Waals surface area contributed by atoms with Gasteiger partial charge in [-0.2, -0.15) is 0 Å². The SMILES string of the molecule is COc1ccc(CN2CC3(CCN(C(=O)C4CC(C)C4)CC3)CC2=O)cc1. The van der Waals surface area contributed by atoms with Gasteiger partial charge in [-0.1, -0.05) is 19.1 Å². The lowest BCUT2D eigenvalue weighted by molar-refractivity contribution is -0.142. The fourth-order valence-corrected chi connectivity index (χ4v) is 4.98. The average molecular weight is 370 g/mol. The van der Waals surface area contributed by atoms with E-state index in [4.69, 9.17) is 4.74 Å². The number of piperidine rings is 1. The Labute approximate surface area is 161 Å². The minimum absolute atomic E-state index is 0.0627. The molecule has 146 valence electrons. The van der Waals surface area contributed by atoms with E-state index in [9.17, 15) is 9.59 Å². The quantitative estimate of drug-likeness (QED) is 0.818. The van der Waals surface area contributed by atoms with Crippen molar-refractivity contribution < 1.29 is 14.3 Å². The van der Waals surface area contributed by atoms with Crippen LogP contribution >= 0.6 is 0 Å². The second kappa shape index (κ2) is 7.17. The summed E-state index contributed by atoms with van der Waals surface area (Å²) in [4.78, 5) is 29.2. The van der Waals surface area contributed by atoms with Crippen molar-refractivity contribution in [1.29, 1.82) is 0 Å². The first-order valence-corrected chi connectivity index (χ1v) is 10.2. The Kier molecular flexibility index (Phi) is 4.87. The van der Waals surface area contributed by atoms with Crippen molar-refractivity contribution in [1.82, 2.24) is 9.80 Å². The van der Waals surface area contributed by atoms with Gasteiger partial charge in [-0.3, -0.25) is 9.59 Å². The maximum absolute atomic E-state index is 12.6. The Morgan fingerprint density at radius 1 is 1.19 bits per heavy atom. The largest absolute Gasteiger partial charge is 0.497 e. The summed E-state index contributed by atoms with van der Waals surface area (Å²) >= 11 is 0. The fourth-order valence-electron chi connectivity index (χ4n) is 4.98. The van der Waals surface area contributed by atoms with Gasteiger partial charge in [0.1, 0.15) is 5.75 Å². The Hall–Kier alpha value is -2.04. The molecule has 0 unspecified atom stereocenters. The van der Waals surface area contributed by atoms with Crippen LogP contribution in [-0.2, 0) is 16.1 Å². The van der Waals surface area contributed by atoms with Crippen LogP contribution in [0.1, 0.15) is 44.6 Å². The fraction of sp³-hybridized carbons (Fsp3) is 0.636. The number of amides is 2. The summed E-state index contributed by atoms with van der Waals surface area (Å²) in [6.45, 7) is 5.32. The van der Waals surface area contributed by atoms with Crippen molar-refractivity contribution in [3.05, 3.63) is 29.8 Å². The first kappa shape index (κ1) is 18.3. The van der Waals surface area contributed by atoms with Crippen LogP contribution in [0.5, 0.6) is 5.75 Å². The predicted octanol–water partition coefficient (Wildman–Crippen LogP) is 3.08. The molecular weight excluding hydrogens is 340 g/mol. The highest BCUT2D eigenvalue weighted by molar-refractivity contribution is 5.81. The van der Waals surface area contributed by atoms with E-state index < -0.39 is 0 Å². The second-order valence-electron chi connectivity index (χ2n) is 8.87. The number of nitrogens with zero attached hydrogens (tertiary/aromatic N) is 2. The maximum atomic E-state index is 12.6. The molecule has 2 aliphatic heterocycles. The highest BCUT2D eigenvalue weighted by Gasteiger charge is 2.46. The molecule has 1 spiro atoms. The lowest BCUT2D eigenvalue weighted by Gasteiger charge is -2.42. The normalized spacial score (nSPS) is 27.0. The van der Waals surface area contributed by atoms with E-state index in [1.54, 1.807) is 7.11 Å². The molecule has 0 radical (unpaired) electrons. The minimum Gasteiger partial charge on any atom is -0.497 e. The van der Waals surface area contributed by atoms with Gasteiger partial charge < -0.3 is 14.5 Å². The third-order valence-electron chi connectivity index (χ3n) is 6.80. The molecule has 0 aromatic heterocycles. The number of benzene rings is 1. The molecule has 0 atom stereocenters. The summed E-state index contributed by atoms with van der Waals surface area (Å²) in [6.07, 6.45) is 4.63. The molecular formula is C22H30N2O3. The van der Waals surface area contributed by atoms with E-state index in [0.717, 1.165) is 56.6 Å². The summed E-state index contributed by atoms with van der Waals surface area (Å²) in [5, 5.41) is 0. The number of carbonyl (C=O) groups is 2.